The highest BCUT2D eigenvalue weighted by molar-refractivity contribution is 5.77. The third-order valence-electron chi connectivity index (χ3n) is 3.03. The summed E-state index contributed by atoms with van der Waals surface area (Å²) in [4.78, 5) is 11.5. The Morgan fingerprint density at radius 2 is 2.11 bits per heavy atom. The molecule has 0 heterocycles. The van der Waals surface area contributed by atoms with E-state index in [1.54, 1.807) is 0 Å². The number of carbonyl (C=O) groups is 1. The van der Waals surface area contributed by atoms with Gasteiger partial charge in [0.25, 0.3) is 0 Å². The van der Waals surface area contributed by atoms with Crippen molar-refractivity contribution in [1.29, 1.82) is 0 Å². The summed E-state index contributed by atoms with van der Waals surface area (Å²) >= 11 is 0. The molecule has 1 aromatic carbocycles. The summed E-state index contributed by atoms with van der Waals surface area (Å²) in [5, 5.41) is 2.79. The highest BCUT2D eigenvalue weighted by Gasteiger charge is 2.21. The van der Waals surface area contributed by atoms with Gasteiger partial charge in [-0.15, -0.1) is 0 Å². The Kier molecular flexibility index (Phi) is 4.73. The molecule has 0 aliphatic heterocycles. The molecule has 1 saturated carbocycles. The summed E-state index contributed by atoms with van der Waals surface area (Å²) in [6, 6.07) is 9.57. The Balaban J connectivity index is 1.62. The Morgan fingerprint density at radius 1 is 1.39 bits per heavy atom. The second kappa shape index (κ2) is 6.52. The van der Waals surface area contributed by atoms with Crippen LogP contribution in [0.5, 0.6) is 0 Å². The maximum absolute atomic E-state index is 11.5. The van der Waals surface area contributed by atoms with E-state index in [-0.39, 0.29) is 18.6 Å². The van der Waals surface area contributed by atoms with E-state index >= 15 is 0 Å². The van der Waals surface area contributed by atoms with Gasteiger partial charge in [-0.05, 0) is 24.3 Å². The molecule has 1 fully saturated rings. The van der Waals surface area contributed by atoms with E-state index in [9.17, 15) is 4.79 Å². The molecule has 98 valence electrons. The molecule has 1 aliphatic rings. The molecule has 4 heteroatoms. The van der Waals surface area contributed by atoms with E-state index in [2.05, 4.69) is 5.32 Å². The van der Waals surface area contributed by atoms with Crippen LogP contribution in [-0.2, 0) is 9.53 Å². The third kappa shape index (κ3) is 4.47. The predicted molar refractivity (Wildman–Crippen MR) is 69.9 cm³/mol. The van der Waals surface area contributed by atoms with Crippen molar-refractivity contribution in [3.8, 4) is 0 Å². The SMILES string of the molecule is NC(CNC(=O)COCC1CC1)c1ccccc1. The Hall–Kier alpha value is -1.39. The molecule has 18 heavy (non-hydrogen) atoms. The monoisotopic (exact) mass is 248 g/mol. The van der Waals surface area contributed by atoms with Crippen molar-refractivity contribution in [2.24, 2.45) is 11.7 Å². The fourth-order valence-corrected chi connectivity index (χ4v) is 1.70. The highest BCUT2D eigenvalue weighted by Crippen LogP contribution is 2.28. The molecule has 1 unspecified atom stereocenters. The molecule has 0 bridgehead atoms. The molecule has 3 N–H and O–H groups in total. The van der Waals surface area contributed by atoms with Gasteiger partial charge in [0.05, 0.1) is 6.61 Å². The van der Waals surface area contributed by atoms with Gasteiger partial charge in [-0.25, -0.2) is 0 Å². The lowest BCUT2D eigenvalue weighted by Gasteiger charge is -2.13. The van der Waals surface area contributed by atoms with Crippen LogP contribution in [0.15, 0.2) is 30.3 Å². The molecular weight excluding hydrogens is 228 g/mol. The van der Waals surface area contributed by atoms with Gasteiger partial charge in [0, 0.05) is 12.6 Å². The topological polar surface area (TPSA) is 64.3 Å². The first-order chi connectivity index (χ1) is 8.75. The average Bonchev–Trinajstić information content (AvgIpc) is 3.21. The largest absolute Gasteiger partial charge is 0.371 e. The van der Waals surface area contributed by atoms with Crippen LogP contribution in [0.3, 0.4) is 0 Å². The van der Waals surface area contributed by atoms with Gasteiger partial charge in [0.2, 0.25) is 5.91 Å². The smallest absolute Gasteiger partial charge is 0.246 e. The second-order valence-electron chi connectivity index (χ2n) is 4.78. The minimum atomic E-state index is -0.168. The molecule has 1 aromatic rings. The molecular formula is C14H20N2O2. The van der Waals surface area contributed by atoms with Gasteiger partial charge in [-0.2, -0.15) is 0 Å². The van der Waals surface area contributed by atoms with Crippen molar-refractivity contribution in [2.45, 2.75) is 18.9 Å². The molecule has 2 rings (SSSR count). The molecule has 0 saturated heterocycles. The number of nitrogens with one attached hydrogen (secondary N) is 1. The van der Waals surface area contributed by atoms with Crippen molar-refractivity contribution in [3.63, 3.8) is 0 Å². The standard InChI is InChI=1S/C14H20N2O2/c15-13(12-4-2-1-3-5-12)8-16-14(17)10-18-9-11-6-7-11/h1-5,11,13H,6-10,15H2,(H,16,17). The molecule has 0 aromatic heterocycles. The van der Waals surface area contributed by atoms with Gasteiger partial charge in [-0.1, -0.05) is 30.3 Å². The van der Waals surface area contributed by atoms with Crippen molar-refractivity contribution in [3.05, 3.63) is 35.9 Å². The van der Waals surface area contributed by atoms with Crippen LogP contribution in [0.4, 0.5) is 0 Å². The van der Waals surface area contributed by atoms with E-state index in [4.69, 9.17) is 10.5 Å². The summed E-state index contributed by atoms with van der Waals surface area (Å²) in [6.07, 6.45) is 2.47. The van der Waals surface area contributed by atoms with Gasteiger partial charge in [0.1, 0.15) is 6.61 Å². The predicted octanol–water partition coefficient (Wildman–Crippen LogP) is 1.23. The summed E-state index contributed by atoms with van der Waals surface area (Å²) in [7, 11) is 0. The molecule has 1 aliphatic carbocycles. The minimum absolute atomic E-state index is 0.0953. The van der Waals surface area contributed by atoms with Crippen molar-refractivity contribution in [2.75, 3.05) is 19.8 Å². The van der Waals surface area contributed by atoms with Gasteiger partial charge < -0.3 is 15.8 Å². The number of hydrogen-bond donors (Lipinski definition) is 2. The van der Waals surface area contributed by atoms with Crippen molar-refractivity contribution < 1.29 is 9.53 Å². The van der Waals surface area contributed by atoms with Crippen LogP contribution in [0.25, 0.3) is 0 Å². The third-order valence-corrected chi connectivity index (χ3v) is 3.03. The number of benzene rings is 1. The van der Waals surface area contributed by atoms with Crippen LogP contribution in [-0.4, -0.2) is 25.7 Å². The van der Waals surface area contributed by atoms with E-state index in [1.807, 2.05) is 30.3 Å². The van der Waals surface area contributed by atoms with Crippen LogP contribution in [0, 0.1) is 5.92 Å². The number of nitrogens with two attached hydrogens (primary N) is 1. The molecule has 1 atom stereocenters. The lowest BCUT2D eigenvalue weighted by molar-refractivity contribution is -0.125. The maximum atomic E-state index is 11.5. The van der Waals surface area contributed by atoms with Gasteiger partial charge in [0.15, 0.2) is 0 Å². The zero-order chi connectivity index (χ0) is 12.8. The Bertz CT molecular complexity index is 377. The van der Waals surface area contributed by atoms with E-state index in [1.165, 1.54) is 12.8 Å². The van der Waals surface area contributed by atoms with E-state index in [0.717, 1.165) is 5.56 Å². The Morgan fingerprint density at radius 3 is 2.78 bits per heavy atom. The summed E-state index contributed by atoms with van der Waals surface area (Å²) < 4.78 is 5.30. The summed E-state index contributed by atoms with van der Waals surface area (Å²) in [6.45, 7) is 1.28. The Labute approximate surface area is 108 Å². The second-order valence-corrected chi connectivity index (χ2v) is 4.78. The average molecular weight is 248 g/mol. The lowest BCUT2D eigenvalue weighted by atomic mass is 10.1. The lowest BCUT2D eigenvalue weighted by Crippen LogP contribution is -2.34. The first kappa shape index (κ1) is 13.1. The van der Waals surface area contributed by atoms with Gasteiger partial charge in [-0.3, -0.25) is 4.79 Å². The number of rotatable bonds is 7. The normalized spacial score (nSPS) is 16.3. The molecule has 4 nitrogen and oxygen atoms in total. The summed E-state index contributed by atoms with van der Waals surface area (Å²) in [5.41, 5.74) is 7.00. The van der Waals surface area contributed by atoms with Gasteiger partial charge >= 0.3 is 0 Å². The van der Waals surface area contributed by atoms with Crippen LogP contribution in [0.2, 0.25) is 0 Å². The minimum Gasteiger partial charge on any atom is -0.371 e. The number of amides is 1. The zero-order valence-corrected chi connectivity index (χ0v) is 10.5. The maximum Gasteiger partial charge on any atom is 0.246 e. The van der Waals surface area contributed by atoms with Crippen LogP contribution >= 0.6 is 0 Å². The van der Waals surface area contributed by atoms with E-state index < -0.39 is 0 Å². The molecule has 1 amide bonds. The van der Waals surface area contributed by atoms with Crippen molar-refractivity contribution >= 4 is 5.91 Å². The summed E-state index contributed by atoms with van der Waals surface area (Å²) in [5.74, 6) is 0.589. The molecule has 0 radical (unpaired) electrons. The number of hydrogen-bond acceptors (Lipinski definition) is 3. The van der Waals surface area contributed by atoms with E-state index in [0.29, 0.717) is 19.1 Å². The van der Waals surface area contributed by atoms with Crippen LogP contribution in [0.1, 0.15) is 24.4 Å². The van der Waals surface area contributed by atoms with Crippen molar-refractivity contribution in [1.82, 2.24) is 5.32 Å². The number of carbonyl (C=O) groups excluding carboxylic acids is 1. The fraction of sp³-hybridized carbons (Fsp3) is 0.500. The zero-order valence-electron chi connectivity index (χ0n) is 10.5. The number of ether oxygens (including phenoxy) is 1. The fourth-order valence-electron chi connectivity index (χ4n) is 1.70. The first-order valence-corrected chi connectivity index (χ1v) is 6.40. The quantitative estimate of drug-likeness (QED) is 0.763. The highest BCUT2D eigenvalue weighted by atomic mass is 16.5. The molecule has 0 spiro atoms. The van der Waals surface area contributed by atoms with Crippen LogP contribution < -0.4 is 11.1 Å². The first-order valence-electron chi connectivity index (χ1n) is 6.40.